The molecule has 188 valence electrons. The second kappa shape index (κ2) is 9.53. The van der Waals surface area contributed by atoms with Gasteiger partial charge in [-0.25, -0.2) is 0 Å². The van der Waals surface area contributed by atoms with E-state index in [1.165, 1.54) is 6.07 Å². The zero-order valence-electron chi connectivity index (χ0n) is 20.2. The number of alkyl halides is 3. The highest BCUT2D eigenvalue weighted by Crippen LogP contribution is 2.45. The molecule has 2 saturated heterocycles. The van der Waals surface area contributed by atoms with Crippen molar-refractivity contribution in [3.8, 4) is 6.07 Å². The predicted octanol–water partition coefficient (Wildman–Crippen LogP) is 3.78. The number of carbonyl (C=O) groups is 1. The molecule has 2 atom stereocenters. The monoisotopic (exact) mass is 489 g/mol. The Morgan fingerprint density at radius 3 is 2.69 bits per heavy atom. The average molecular weight is 490 g/mol. The Morgan fingerprint density at radius 2 is 2.06 bits per heavy atom. The van der Waals surface area contributed by atoms with Crippen LogP contribution in [0.1, 0.15) is 35.4 Å². The number of halogens is 3. The molecule has 2 aliphatic heterocycles. The number of nitriles is 1. The van der Waals surface area contributed by atoms with Crippen LogP contribution in [0.15, 0.2) is 24.3 Å². The molecule has 1 aromatic heterocycles. The number of hydrogen-bond donors (Lipinski definition) is 0. The fraction of sp³-hybridized carbons (Fsp3) is 0.560. The number of fused-ring (bicyclic) bond motifs is 1. The maximum Gasteiger partial charge on any atom is 0.417 e. The van der Waals surface area contributed by atoms with E-state index < -0.39 is 11.7 Å². The lowest BCUT2D eigenvalue weighted by Crippen LogP contribution is -2.51. The van der Waals surface area contributed by atoms with Crippen LogP contribution in [0.2, 0.25) is 0 Å². The quantitative estimate of drug-likeness (QED) is 0.618. The fourth-order valence-corrected chi connectivity index (χ4v) is 5.55. The van der Waals surface area contributed by atoms with Gasteiger partial charge in [-0.3, -0.25) is 9.48 Å². The van der Waals surface area contributed by atoms with E-state index in [1.54, 1.807) is 19.2 Å². The van der Waals surface area contributed by atoms with Gasteiger partial charge in [0, 0.05) is 69.0 Å². The van der Waals surface area contributed by atoms with Gasteiger partial charge >= 0.3 is 6.18 Å². The maximum absolute atomic E-state index is 13.5. The Hall–Kier alpha value is -3.06. The van der Waals surface area contributed by atoms with Crippen LogP contribution in [-0.4, -0.2) is 60.5 Å². The van der Waals surface area contributed by atoms with Crippen LogP contribution in [0.3, 0.4) is 0 Å². The first-order valence-corrected chi connectivity index (χ1v) is 11.7. The number of ether oxygens (including phenoxy) is 1. The van der Waals surface area contributed by atoms with Crippen molar-refractivity contribution in [1.82, 2.24) is 14.7 Å². The molecular weight excluding hydrogens is 459 g/mol. The SMILES string of the molecule is COCC12CCN(C(=O)CCn3nc(C)cc3C)CC1CN(c1ccc(C#N)c(C(F)(F)F)c1)C2. The lowest BCUT2D eigenvalue weighted by atomic mass is 9.73. The van der Waals surface area contributed by atoms with E-state index in [4.69, 9.17) is 10.00 Å². The number of likely N-dealkylation sites (tertiary alicyclic amines) is 1. The molecule has 2 aliphatic rings. The van der Waals surface area contributed by atoms with E-state index in [2.05, 4.69) is 5.10 Å². The molecule has 2 aromatic rings. The number of nitrogens with zero attached hydrogens (tertiary/aromatic N) is 5. The summed E-state index contributed by atoms with van der Waals surface area (Å²) in [6, 6.07) is 7.48. The summed E-state index contributed by atoms with van der Waals surface area (Å²) in [5.74, 6) is 0.124. The van der Waals surface area contributed by atoms with Gasteiger partial charge in [0.15, 0.2) is 0 Å². The maximum atomic E-state index is 13.5. The third kappa shape index (κ3) is 5.01. The van der Waals surface area contributed by atoms with E-state index >= 15 is 0 Å². The number of rotatable bonds is 6. The summed E-state index contributed by atoms with van der Waals surface area (Å²) in [6.45, 7) is 7.07. The van der Waals surface area contributed by atoms with Gasteiger partial charge in [0.2, 0.25) is 5.91 Å². The molecule has 1 aromatic carbocycles. The first kappa shape index (κ1) is 25.0. The molecule has 0 radical (unpaired) electrons. The van der Waals surface area contributed by atoms with Crippen molar-refractivity contribution in [2.24, 2.45) is 11.3 Å². The highest BCUT2D eigenvalue weighted by molar-refractivity contribution is 5.76. The molecule has 7 nitrogen and oxygen atoms in total. The highest BCUT2D eigenvalue weighted by Gasteiger charge is 2.50. The van der Waals surface area contributed by atoms with Gasteiger partial charge in [-0.2, -0.15) is 23.5 Å². The average Bonchev–Trinajstić information content (AvgIpc) is 3.34. The molecule has 2 unspecified atom stereocenters. The summed E-state index contributed by atoms with van der Waals surface area (Å²) in [5, 5.41) is 13.5. The lowest BCUT2D eigenvalue weighted by Gasteiger charge is -2.43. The minimum atomic E-state index is -4.60. The van der Waals surface area contributed by atoms with Gasteiger partial charge in [0.1, 0.15) is 0 Å². The number of methoxy groups -OCH3 is 1. The molecule has 1 amide bonds. The molecule has 0 spiro atoms. The first-order chi connectivity index (χ1) is 16.6. The minimum Gasteiger partial charge on any atom is -0.384 e. The van der Waals surface area contributed by atoms with Gasteiger partial charge in [-0.15, -0.1) is 0 Å². The van der Waals surface area contributed by atoms with Crippen LogP contribution in [0.4, 0.5) is 18.9 Å². The van der Waals surface area contributed by atoms with Gasteiger partial charge in [-0.05, 0) is 44.5 Å². The molecule has 2 fully saturated rings. The number of benzene rings is 1. The normalized spacial score (nSPS) is 22.3. The summed E-state index contributed by atoms with van der Waals surface area (Å²) in [4.78, 5) is 16.8. The standard InChI is InChI=1S/C25H30F3N5O2/c1-17-10-18(2)33(30-17)8-6-23(34)31-9-7-24(16-35-3)15-32(14-20(24)13-31)21-5-4-19(12-29)22(11-21)25(26,27)28/h4-5,10-11,20H,6-9,13-16H2,1-3H3. The lowest BCUT2D eigenvalue weighted by molar-refractivity contribution is -0.138. The summed E-state index contributed by atoms with van der Waals surface area (Å²) in [5.41, 5.74) is 0.814. The summed E-state index contributed by atoms with van der Waals surface area (Å²) >= 11 is 0. The molecule has 0 aliphatic carbocycles. The molecule has 4 rings (SSSR count). The summed E-state index contributed by atoms with van der Waals surface area (Å²) < 4.78 is 47.9. The van der Waals surface area contributed by atoms with Crippen molar-refractivity contribution in [3.63, 3.8) is 0 Å². The van der Waals surface area contributed by atoms with Crippen molar-refractivity contribution < 1.29 is 22.7 Å². The third-order valence-electron chi connectivity index (χ3n) is 7.35. The Morgan fingerprint density at radius 1 is 1.29 bits per heavy atom. The van der Waals surface area contributed by atoms with Crippen LogP contribution in [0.25, 0.3) is 0 Å². The van der Waals surface area contributed by atoms with E-state index in [1.807, 2.05) is 34.4 Å². The molecule has 3 heterocycles. The van der Waals surface area contributed by atoms with Crippen molar-refractivity contribution in [1.29, 1.82) is 5.26 Å². The molecular formula is C25H30F3N5O2. The zero-order valence-corrected chi connectivity index (χ0v) is 20.2. The Kier molecular flexibility index (Phi) is 6.82. The van der Waals surface area contributed by atoms with Crippen molar-refractivity contribution >= 4 is 11.6 Å². The van der Waals surface area contributed by atoms with Gasteiger partial charge in [0.25, 0.3) is 0 Å². The Bertz CT molecular complexity index is 1140. The Labute approximate surface area is 203 Å². The number of amides is 1. The zero-order chi connectivity index (χ0) is 25.4. The number of piperidine rings is 1. The van der Waals surface area contributed by atoms with Gasteiger partial charge in [0.05, 0.1) is 29.5 Å². The second-order valence-electron chi connectivity index (χ2n) is 9.70. The molecule has 0 bridgehead atoms. The van der Waals surface area contributed by atoms with Gasteiger partial charge in [-0.1, -0.05) is 0 Å². The minimum absolute atomic E-state index is 0.0553. The number of aromatic nitrogens is 2. The van der Waals surface area contributed by atoms with E-state index in [0.29, 0.717) is 51.4 Å². The van der Waals surface area contributed by atoms with Crippen LogP contribution in [-0.2, 0) is 22.3 Å². The molecule has 0 saturated carbocycles. The smallest absolute Gasteiger partial charge is 0.384 e. The van der Waals surface area contributed by atoms with E-state index in [-0.39, 0.29) is 22.8 Å². The number of carbonyl (C=O) groups excluding carboxylic acids is 1. The van der Waals surface area contributed by atoms with Crippen LogP contribution in [0.5, 0.6) is 0 Å². The van der Waals surface area contributed by atoms with Crippen molar-refractivity contribution in [2.45, 2.75) is 39.4 Å². The first-order valence-electron chi connectivity index (χ1n) is 11.7. The number of hydrogen-bond acceptors (Lipinski definition) is 5. The Balaban J connectivity index is 1.49. The predicted molar refractivity (Wildman–Crippen MR) is 124 cm³/mol. The highest BCUT2D eigenvalue weighted by atomic mass is 19.4. The number of aryl methyl sites for hydroxylation is 3. The largest absolute Gasteiger partial charge is 0.417 e. The van der Waals surface area contributed by atoms with Crippen LogP contribution >= 0.6 is 0 Å². The fourth-order valence-electron chi connectivity index (χ4n) is 5.55. The molecule has 35 heavy (non-hydrogen) atoms. The number of anilines is 1. The molecule has 10 heteroatoms. The molecule has 0 N–H and O–H groups in total. The van der Waals surface area contributed by atoms with Crippen molar-refractivity contribution in [3.05, 3.63) is 46.8 Å². The van der Waals surface area contributed by atoms with Crippen molar-refractivity contribution in [2.75, 3.05) is 44.8 Å². The van der Waals surface area contributed by atoms with Crippen LogP contribution < -0.4 is 4.90 Å². The second-order valence-corrected chi connectivity index (χ2v) is 9.70. The van der Waals surface area contributed by atoms with Gasteiger partial charge < -0.3 is 14.5 Å². The topological polar surface area (TPSA) is 74.4 Å². The van der Waals surface area contributed by atoms with E-state index in [9.17, 15) is 18.0 Å². The van der Waals surface area contributed by atoms with E-state index in [0.717, 1.165) is 23.9 Å². The van der Waals surface area contributed by atoms with Crippen LogP contribution in [0, 0.1) is 36.5 Å². The summed E-state index contributed by atoms with van der Waals surface area (Å²) in [6.07, 6.45) is -3.54. The third-order valence-corrected chi connectivity index (χ3v) is 7.35. The summed E-state index contributed by atoms with van der Waals surface area (Å²) in [7, 11) is 1.63.